The summed E-state index contributed by atoms with van der Waals surface area (Å²) >= 11 is 0. The second kappa shape index (κ2) is 6.89. The van der Waals surface area contributed by atoms with Crippen molar-refractivity contribution in [2.24, 2.45) is 0 Å². The average Bonchev–Trinajstić information content (AvgIpc) is 2.48. The molecule has 1 fully saturated rings. The third-order valence-electron chi connectivity index (χ3n) is 3.85. The average molecular weight is 265 g/mol. The van der Waals surface area contributed by atoms with Gasteiger partial charge in [0.15, 0.2) is 0 Å². The van der Waals surface area contributed by atoms with E-state index < -0.39 is 6.10 Å². The summed E-state index contributed by atoms with van der Waals surface area (Å²) in [6.45, 7) is 2.32. The number of ether oxygens (including phenoxy) is 1. The van der Waals surface area contributed by atoms with E-state index in [1.54, 1.807) is 7.11 Å². The number of hydrogen-bond donors (Lipinski definition) is 2. The van der Waals surface area contributed by atoms with Gasteiger partial charge in [-0.15, -0.1) is 0 Å². The SMILES string of the molecule is COc1ccccc1C1CCN(CC(O)CO)CC1. The predicted octanol–water partition coefficient (Wildman–Crippen LogP) is 1.23. The van der Waals surface area contributed by atoms with E-state index in [-0.39, 0.29) is 6.61 Å². The highest BCUT2D eigenvalue weighted by Gasteiger charge is 2.23. The van der Waals surface area contributed by atoms with Gasteiger partial charge in [0.1, 0.15) is 5.75 Å². The molecular formula is C15H23NO3. The van der Waals surface area contributed by atoms with Gasteiger partial charge in [-0.3, -0.25) is 0 Å². The topological polar surface area (TPSA) is 52.9 Å². The van der Waals surface area contributed by atoms with Gasteiger partial charge in [0.25, 0.3) is 0 Å². The summed E-state index contributed by atoms with van der Waals surface area (Å²) in [7, 11) is 1.71. The fraction of sp³-hybridized carbons (Fsp3) is 0.600. The van der Waals surface area contributed by atoms with Crippen LogP contribution in [0.2, 0.25) is 0 Å². The van der Waals surface area contributed by atoms with Crippen molar-refractivity contribution in [1.29, 1.82) is 0 Å². The van der Waals surface area contributed by atoms with Gasteiger partial charge in [-0.2, -0.15) is 0 Å². The normalized spacial score (nSPS) is 19.3. The maximum atomic E-state index is 9.46. The Labute approximate surface area is 114 Å². The first kappa shape index (κ1) is 14.3. The van der Waals surface area contributed by atoms with Crippen LogP contribution in [0.1, 0.15) is 24.3 Å². The van der Waals surface area contributed by atoms with Crippen LogP contribution in [0.5, 0.6) is 5.75 Å². The minimum absolute atomic E-state index is 0.160. The van der Waals surface area contributed by atoms with Gasteiger partial charge < -0.3 is 19.8 Å². The lowest BCUT2D eigenvalue weighted by molar-refractivity contribution is 0.0512. The Kier molecular flexibility index (Phi) is 5.19. The van der Waals surface area contributed by atoms with E-state index in [9.17, 15) is 5.11 Å². The smallest absolute Gasteiger partial charge is 0.122 e. The second-order valence-corrected chi connectivity index (χ2v) is 5.15. The third-order valence-corrected chi connectivity index (χ3v) is 3.85. The van der Waals surface area contributed by atoms with Crippen molar-refractivity contribution >= 4 is 0 Å². The van der Waals surface area contributed by atoms with E-state index in [4.69, 9.17) is 9.84 Å². The van der Waals surface area contributed by atoms with Crippen LogP contribution >= 0.6 is 0 Å². The number of para-hydroxylation sites is 1. The van der Waals surface area contributed by atoms with Gasteiger partial charge >= 0.3 is 0 Å². The summed E-state index contributed by atoms with van der Waals surface area (Å²) in [5.41, 5.74) is 1.28. The predicted molar refractivity (Wildman–Crippen MR) is 74.5 cm³/mol. The Balaban J connectivity index is 1.92. The number of β-amino-alcohol motifs (C(OH)–C–C–N with tert-alkyl or cyclic N) is 1. The molecule has 4 heteroatoms. The fourth-order valence-electron chi connectivity index (χ4n) is 2.79. The Morgan fingerprint density at radius 1 is 1.32 bits per heavy atom. The van der Waals surface area contributed by atoms with E-state index in [1.807, 2.05) is 12.1 Å². The number of aliphatic hydroxyl groups excluding tert-OH is 2. The number of likely N-dealkylation sites (tertiary alicyclic amines) is 1. The highest BCUT2D eigenvalue weighted by Crippen LogP contribution is 2.33. The summed E-state index contributed by atoms with van der Waals surface area (Å²) in [6, 6.07) is 8.20. The summed E-state index contributed by atoms with van der Waals surface area (Å²) in [4.78, 5) is 2.22. The number of nitrogens with zero attached hydrogens (tertiary/aromatic N) is 1. The van der Waals surface area contributed by atoms with Crippen LogP contribution in [0.15, 0.2) is 24.3 Å². The van der Waals surface area contributed by atoms with E-state index >= 15 is 0 Å². The van der Waals surface area contributed by atoms with Crippen molar-refractivity contribution < 1.29 is 14.9 Å². The Hall–Kier alpha value is -1.10. The number of methoxy groups -OCH3 is 1. The first-order valence-electron chi connectivity index (χ1n) is 6.88. The molecule has 1 saturated heterocycles. The van der Waals surface area contributed by atoms with Gasteiger partial charge in [-0.25, -0.2) is 0 Å². The molecule has 1 aliphatic heterocycles. The van der Waals surface area contributed by atoms with Crippen LogP contribution in [0.3, 0.4) is 0 Å². The number of piperidine rings is 1. The Bertz CT molecular complexity index is 389. The lowest BCUT2D eigenvalue weighted by Crippen LogP contribution is -2.39. The van der Waals surface area contributed by atoms with Crippen LogP contribution < -0.4 is 4.74 Å². The Morgan fingerprint density at radius 2 is 2.00 bits per heavy atom. The molecule has 4 nitrogen and oxygen atoms in total. The molecule has 106 valence electrons. The molecule has 1 unspecified atom stereocenters. The number of aliphatic hydroxyl groups is 2. The molecule has 2 N–H and O–H groups in total. The molecule has 0 saturated carbocycles. The molecular weight excluding hydrogens is 242 g/mol. The lowest BCUT2D eigenvalue weighted by Gasteiger charge is -2.33. The highest BCUT2D eigenvalue weighted by atomic mass is 16.5. The largest absolute Gasteiger partial charge is 0.496 e. The summed E-state index contributed by atoms with van der Waals surface area (Å²) in [5.74, 6) is 1.50. The first-order chi connectivity index (χ1) is 9.24. The molecule has 0 bridgehead atoms. The molecule has 19 heavy (non-hydrogen) atoms. The van der Waals surface area contributed by atoms with Gasteiger partial charge in [0, 0.05) is 6.54 Å². The van der Waals surface area contributed by atoms with Crippen LogP contribution in [-0.2, 0) is 0 Å². The van der Waals surface area contributed by atoms with Crippen LogP contribution in [-0.4, -0.2) is 54.6 Å². The molecule has 0 amide bonds. The van der Waals surface area contributed by atoms with Crippen LogP contribution in [0.25, 0.3) is 0 Å². The lowest BCUT2D eigenvalue weighted by atomic mass is 9.88. The van der Waals surface area contributed by atoms with Crippen LogP contribution in [0, 0.1) is 0 Å². The molecule has 0 spiro atoms. The molecule has 0 radical (unpaired) electrons. The zero-order valence-electron chi connectivity index (χ0n) is 11.5. The minimum Gasteiger partial charge on any atom is -0.496 e. The zero-order chi connectivity index (χ0) is 13.7. The number of benzene rings is 1. The molecule has 1 aromatic rings. The van der Waals surface area contributed by atoms with Crippen molar-refractivity contribution in [3.05, 3.63) is 29.8 Å². The number of hydrogen-bond acceptors (Lipinski definition) is 4. The maximum absolute atomic E-state index is 9.46. The number of rotatable bonds is 5. The maximum Gasteiger partial charge on any atom is 0.122 e. The minimum atomic E-state index is -0.622. The third kappa shape index (κ3) is 3.69. The fourth-order valence-corrected chi connectivity index (χ4v) is 2.79. The van der Waals surface area contributed by atoms with E-state index in [1.165, 1.54) is 5.56 Å². The molecule has 2 rings (SSSR count). The van der Waals surface area contributed by atoms with Crippen LogP contribution in [0.4, 0.5) is 0 Å². The monoisotopic (exact) mass is 265 g/mol. The van der Waals surface area contributed by atoms with Gasteiger partial charge in [-0.1, -0.05) is 18.2 Å². The van der Waals surface area contributed by atoms with Crippen molar-refractivity contribution in [3.63, 3.8) is 0 Å². The molecule has 0 aliphatic carbocycles. The van der Waals surface area contributed by atoms with Gasteiger partial charge in [0.05, 0.1) is 19.8 Å². The van der Waals surface area contributed by atoms with Crippen molar-refractivity contribution in [1.82, 2.24) is 4.90 Å². The van der Waals surface area contributed by atoms with E-state index in [0.29, 0.717) is 12.5 Å². The summed E-state index contributed by atoms with van der Waals surface area (Å²) < 4.78 is 5.42. The summed E-state index contributed by atoms with van der Waals surface area (Å²) in [5, 5.41) is 18.3. The van der Waals surface area contributed by atoms with Crippen molar-refractivity contribution in [3.8, 4) is 5.75 Å². The first-order valence-corrected chi connectivity index (χ1v) is 6.88. The quantitative estimate of drug-likeness (QED) is 0.841. The molecule has 1 aromatic carbocycles. The molecule has 0 aromatic heterocycles. The molecule has 1 aliphatic rings. The van der Waals surface area contributed by atoms with E-state index in [2.05, 4.69) is 17.0 Å². The highest BCUT2D eigenvalue weighted by molar-refractivity contribution is 5.36. The van der Waals surface area contributed by atoms with Crippen molar-refractivity contribution in [2.45, 2.75) is 24.9 Å². The van der Waals surface area contributed by atoms with Gasteiger partial charge in [-0.05, 0) is 43.5 Å². The molecule has 1 heterocycles. The zero-order valence-corrected chi connectivity index (χ0v) is 11.5. The van der Waals surface area contributed by atoms with E-state index in [0.717, 1.165) is 31.7 Å². The Morgan fingerprint density at radius 3 is 2.63 bits per heavy atom. The second-order valence-electron chi connectivity index (χ2n) is 5.15. The van der Waals surface area contributed by atoms with Crippen molar-refractivity contribution in [2.75, 3.05) is 33.4 Å². The molecule has 1 atom stereocenters. The van der Waals surface area contributed by atoms with Gasteiger partial charge in [0.2, 0.25) is 0 Å². The summed E-state index contributed by atoms with van der Waals surface area (Å²) in [6.07, 6.45) is 1.51. The standard InChI is InChI=1S/C15H23NO3/c1-19-15-5-3-2-4-14(15)12-6-8-16(9-7-12)10-13(18)11-17/h2-5,12-13,17-18H,6-11H2,1H3.